The van der Waals surface area contributed by atoms with Crippen molar-refractivity contribution in [2.45, 2.75) is 13.0 Å². The molecule has 2 N–H and O–H groups in total. The third-order valence-corrected chi connectivity index (χ3v) is 3.75. The van der Waals surface area contributed by atoms with E-state index >= 15 is 0 Å². The molecule has 134 valence electrons. The van der Waals surface area contributed by atoms with E-state index in [4.69, 9.17) is 16.3 Å². The van der Waals surface area contributed by atoms with Crippen molar-refractivity contribution in [1.82, 2.24) is 10.2 Å². The lowest BCUT2D eigenvalue weighted by Crippen LogP contribution is -2.31. The molecular formula is C19H24ClN3O2. The van der Waals surface area contributed by atoms with Gasteiger partial charge in [0.2, 0.25) is 0 Å². The zero-order valence-electron chi connectivity index (χ0n) is 14.6. The number of carbonyl (C=O) groups is 1. The molecule has 2 amide bonds. The number of nitrogens with zero attached hydrogens (tertiary/aromatic N) is 1. The Bertz CT molecular complexity index is 657. The molecule has 0 aromatic heterocycles. The van der Waals surface area contributed by atoms with E-state index in [1.54, 1.807) is 0 Å². The van der Waals surface area contributed by atoms with Gasteiger partial charge < -0.3 is 20.3 Å². The highest BCUT2D eigenvalue weighted by Crippen LogP contribution is 2.17. The van der Waals surface area contributed by atoms with Crippen molar-refractivity contribution in [3.05, 3.63) is 59.1 Å². The monoisotopic (exact) mass is 361 g/mol. The van der Waals surface area contributed by atoms with Crippen molar-refractivity contribution in [2.24, 2.45) is 0 Å². The summed E-state index contributed by atoms with van der Waals surface area (Å²) in [5.74, 6) is 0.742. The summed E-state index contributed by atoms with van der Waals surface area (Å²) in [5, 5.41) is 6.34. The van der Waals surface area contributed by atoms with Crippen LogP contribution >= 0.6 is 11.6 Å². The molecule has 0 aliphatic carbocycles. The molecule has 2 aromatic carbocycles. The number of ether oxygens (including phenoxy) is 1. The molecule has 0 saturated carbocycles. The lowest BCUT2D eigenvalue weighted by molar-refractivity contribution is 0.251. The van der Waals surface area contributed by atoms with Crippen molar-refractivity contribution in [1.29, 1.82) is 0 Å². The predicted octanol–water partition coefficient (Wildman–Crippen LogP) is 3.99. The van der Waals surface area contributed by atoms with Gasteiger partial charge in [-0.05, 0) is 69.0 Å². The van der Waals surface area contributed by atoms with Crippen LogP contribution in [0, 0.1) is 0 Å². The molecule has 0 spiro atoms. The first-order valence-electron chi connectivity index (χ1n) is 8.20. The average Bonchev–Trinajstić information content (AvgIpc) is 2.59. The average molecular weight is 362 g/mol. The van der Waals surface area contributed by atoms with Crippen molar-refractivity contribution in [3.8, 4) is 5.75 Å². The van der Waals surface area contributed by atoms with E-state index in [1.165, 1.54) is 0 Å². The first-order chi connectivity index (χ1) is 12.0. The molecule has 0 unspecified atom stereocenters. The molecular weight excluding hydrogens is 338 g/mol. The van der Waals surface area contributed by atoms with E-state index in [9.17, 15) is 4.79 Å². The van der Waals surface area contributed by atoms with Gasteiger partial charge in [-0.1, -0.05) is 23.7 Å². The third kappa shape index (κ3) is 7.45. The molecule has 0 fully saturated rings. The van der Waals surface area contributed by atoms with Gasteiger partial charge in [-0.25, -0.2) is 4.79 Å². The fourth-order valence-corrected chi connectivity index (χ4v) is 2.28. The Morgan fingerprint density at radius 3 is 2.40 bits per heavy atom. The Labute approximate surface area is 153 Å². The van der Waals surface area contributed by atoms with Crippen LogP contribution in [0.3, 0.4) is 0 Å². The number of urea groups is 1. The van der Waals surface area contributed by atoms with Gasteiger partial charge in [0.25, 0.3) is 0 Å². The summed E-state index contributed by atoms with van der Waals surface area (Å²) in [6.45, 7) is 2.06. The van der Waals surface area contributed by atoms with Crippen molar-refractivity contribution in [3.63, 3.8) is 0 Å². The quantitative estimate of drug-likeness (QED) is 0.699. The minimum Gasteiger partial charge on any atom is -0.489 e. The zero-order chi connectivity index (χ0) is 18.1. The van der Waals surface area contributed by atoms with Gasteiger partial charge >= 0.3 is 6.03 Å². The highest BCUT2D eigenvalue weighted by molar-refractivity contribution is 6.30. The highest BCUT2D eigenvalue weighted by atomic mass is 35.5. The minimum absolute atomic E-state index is 0.200. The Morgan fingerprint density at radius 2 is 1.76 bits per heavy atom. The first-order valence-corrected chi connectivity index (χ1v) is 8.57. The number of hydrogen-bond acceptors (Lipinski definition) is 3. The predicted molar refractivity (Wildman–Crippen MR) is 102 cm³/mol. The molecule has 0 saturated heterocycles. The van der Waals surface area contributed by atoms with Crippen molar-refractivity contribution >= 4 is 23.3 Å². The maximum Gasteiger partial charge on any atom is 0.319 e. The Balaban J connectivity index is 1.73. The summed E-state index contributed by atoms with van der Waals surface area (Å²) in [6.07, 6.45) is 0.915. The normalized spacial score (nSPS) is 10.6. The van der Waals surface area contributed by atoms with E-state index < -0.39 is 0 Å². The molecule has 2 rings (SSSR count). The van der Waals surface area contributed by atoms with Gasteiger partial charge in [0.05, 0.1) is 0 Å². The second-order valence-electron chi connectivity index (χ2n) is 5.98. The number of carbonyl (C=O) groups excluding carboxylic acids is 1. The number of amides is 2. The SMILES string of the molecule is CN(C)CCCNC(=O)Nc1ccc(OCc2ccc(Cl)cc2)cc1. The van der Waals surface area contributed by atoms with Gasteiger partial charge in [0, 0.05) is 17.3 Å². The van der Waals surface area contributed by atoms with Crippen LogP contribution in [0.5, 0.6) is 5.75 Å². The van der Waals surface area contributed by atoms with Gasteiger partial charge in [-0.2, -0.15) is 0 Å². The number of rotatable bonds is 8. The standard InChI is InChI=1S/C19H24ClN3O2/c1-23(2)13-3-12-21-19(24)22-17-8-10-18(11-9-17)25-14-15-4-6-16(20)7-5-15/h4-11H,3,12-14H2,1-2H3,(H2,21,22,24). The zero-order valence-corrected chi connectivity index (χ0v) is 15.3. The second-order valence-corrected chi connectivity index (χ2v) is 6.41. The van der Waals surface area contributed by atoms with E-state index in [0.29, 0.717) is 18.2 Å². The van der Waals surface area contributed by atoms with Crippen LogP contribution in [0.25, 0.3) is 0 Å². The number of benzene rings is 2. The maximum absolute atomic E-state index is 11.8. The van der Waals surface area contributed by atoms with E-state index in [1.807, 2.05) is 62.6 Å². The Morgan fingerprint density at radius 1 is 1.08 bits per heavy atom. The van der Waals surface area contributed by atoms with E-state index in [2.05, 4.69) is 15.5 Å². The van der Waals surface area contributed by atoms with Gasteiger partial charge in [0.1, 0.15) is 12.4 Å². The lowest BCUT2D eigenvalue weighted by atomic mass is 10.2. The smallest absolute Gasteiger partial charge is 0.319 e. The van der Waals surface area contributed by atoms with Crippen LogP contribution in [0.2, 0.25) is 5.02 Å². The van der Waals surface area contributed by atoms with Crippen LogP contribution in [0.4, 0.5) is 10.5 Å². The third-order valence-electron chi connectivity index (χ3n) is 3.50. The molecule has 25 heavy (non-hydrogen) atoms. The van der Waals surface area contributed by atoms with Crippen molar-refractivity contribution < 1.29 is 9.53 Å². The summed E-state index contributed by atoms with van der Waals surface area (Å²) in [5.41, 5.74) is 1.77. The Kier molecular flexibility index (Phi) is 7.57. The maximum atomic E-state index is 11.8. The summed E-state index contributed by atoms with van der Waals surface area (Å²) >= 11 is 5.86. The van der Waals surface area contributed by atoms with Gasteiger partial charge in [-0.15, -0.1) is 0 Å². The summed E-state index contributed by atoms with van der Waals surface area (Å²) in [6, 6.07) is 14.6. The van der Waals surface area contributed by atoms with Crippen LogP contribution in [-0.2, 0) is 6.61 Å². The van der Waals surface area contributed by atoms with E-state index in [0.717, 1.165) is 30.0 Å². The molecule has 2 aromatic rings. The first kappa shape index (κ1) is 19.1. The molecule has 0 aliphatic rings. The number of nitrogens with one attached hydrogen (secondary N) is 2. The van der Waals surface area contributed by atoms with Crippen LogP contribution in [0.15, 0.2) is 48.5 Å². The van der Waals surface area contributed by atoms with Gasteiger partial charge in [0.15, 0.2) is 0 Å². The van der Waals surface area contributed by atoms with E-state index in [-0.39, 0.29) is 6.03 Å². The fourth-order valence-electron chi connectivity index (χ4n) is 2.15. The molecule has 5 nitrogen and oxygen atoms in total. The molecule has 0 radical (unpaired) electrons. The summed E-state index contributed by atoms with van der Waals surface area (Å²) in [4.78, 5) is 13.9. The van der Waals surface area contributed by atoms with Crippen LogP contribution in [-0.4, -0.2) is 38.1 Å². The lowest BCUT2D eigenvalue weighted by Gasteiger charge is -2.11. The summed E-state index contributed by atoms with van der Waals surface area (Å²) < 4.78 is 5.72. The second kappa shape index (κ2) is 9.91. The largest absolute Gasteiger partial charge is 0.489 e. The summed E-state index contributed by atoms with van der Waals surface area (Å²) in [7, 11) is 4.02. The molecule has 0 atom stereocenters. The van der Waals surface area contributed by atoms with Gasteiger partial charge in [-0.3, -0.25) is 0 Å². The molecule has 0 bridgehead atoms. The van der Waals surface area contributed by atoms with Crippen molar-refractivity contribution in [2.75, 3.05) is 32.5 Å². The molecule has 6 heteroatoms. The number of hydrogen-bond donors (Lipinski definition) is 2. The van der Waals surface area contributed by atoms with Crippen LogP contribution < -0.4 is 15.4 Å². The number of halogens is 1. The topological polar surface area (TPSA) is 53.6 Å². The fraction of sp³-hybridized carbons (Fsp3) is 0.316. The highest BCUT2D eigenvalue weighted by Gasteiger charge is 2.02. The molecule has 0 heterocycles. The minimum atomic E-state index is -0.200. The number of anilines is 1. The van der Waals surface area contributed by atoms with Crippen LogP contribution in [0.1, 0.15) is 12.0 Å². The molecule has 0 aliphatic heterocycles. The Hall–Kier alpha value is -2.24.